The van der Waals surface area contributed by atoms with Gasteiger partial charge in [0.25, 0.3) is 10.6 Å². The lowest BCUT2D eigenvalue weighted by Gasteiger charge is -2.18. The smallest absolute Gasteiger partial charge is 0.426 e. The Bertz CT molecular complexity index is 870. The predicted molar refractivity (Wildman–Crippen MR) is 101 cm³/mol. The molecule has 154 valence electrons. The SMILES string of the molecule is O=C(NNC(=O)OCc1ccc([N+](=O)[O-])cc1)OCC1=CCC(S)([N+](=O)[O-])C=C1. The summed E-state index contributed by atoms with van der Waals surface area (Å²) in [5.41, 5.74) is 4.89. The number of nitro benzene ring substituents is 1. The summed E-state index contributed by atoms with van der Waals surface area (Å²) in [6, 6.07) is 5.39. The first kappa shape index (κ1) is 21.7. The zero-order chi connectivity index (χ0) is 21.4. The first-order valence-electron chi connectivity index (χ1n) is 8.03. The minimum Gasteiger partial charge on any atom is -0.443 e. The lowest BCUT2D eigenvalue weighted by Crippen LogP contribution is -2.42. The number of benzene rings is 1. The average molecular weight is 424 g/mol. The van der Waals surface area contributed by atoms with Crippen LogP contribution in [0.4, 0.5) is 15.3 Å². The Morgan fingerprint density at radius 3 is 2.14 bits per heavy atom. The van der Waals surface area contributed by atoms with E-state index in [0.29, 0.717) is 11.1 Å². The largest absolute Gasteiger partial charge is 0.443 e. The number of non-ortho nitro benzene ring substituents is 1. The van der Waals surface area contributed by atoms with Crippen LogP contribution >= 0.6 is 12.6 Å². The number of nitro groups is 2. The van der Waals surface area contributed by atoms with E-state index in [0.717, 1.165) is 0 Å². The molecule has 1 aliphatic rings. The third-order valence-electron chi connectivity index (χ3n) is 3.70. The molecule has 13 heteroatoms. The van der Waals surface area contributed by atoms with Gasteiger partial charge in [0.05, 0.1) is 11.3 Å². The Hall–Kier alpha value is -3.61. The van der Waals surface area contributed by atoms with E-state index in [1.165, 1.54) is 42.5 Å². The predicted octanol–water partition coefficient (Wildman–Crippen LogP) is 2.25. The standard InChI is InChI=1S/C16H16N4O8S/c21-14(27-9-11-1-3-13(4-2-11)19(23)24)17-18-15(22)28-10-12-5-7-16(29,8-6-12)20(25)26/h1-7,29H,8-10H2,(H,17,21)(H,18,22). The first-order chi connectivity index (χ1) is 13.7. The summed E-state index contributed by atoms with van der Waals surface area (Å²) in [6.45, 7) is -0.330. The molecular weight excluding hydrogens is 408 g/mol. The zero-order valence-electron chi connectivity index (χ0n) is 14.8. The van der Waals surface area contributed by atoms with Gasteiger partial charge in [0, 0.05) is 23.1 Å². The summed E-state index contributed by atoms with van der Waals surface area (Å²) >= 11 is 3.97. The van der Waals surface area contributed by atoms with Crippen molar-refractivity contribution in [3.05, 3.63) is 73.9 Å². The maximum atomic E-state index is 11.6. The van der Waals surface area contributed by atoms with Crippen molar-refractivity contribution in [1.82, 2.24) is 10.9 Å². The van der Waals surface area contributed by atoms with Gasteiger partial charge in [0.2, 0.25) is 0 Å². The number of carbonyl (C=O) groups is 2. The van der Waals surface area contributed by atoms with E-state index < -0.39 is 26.9 Å². The van der Waals surface area contributed by atoms with Gasteiger partial charge in [0.1, 0.15) is 13.2 Å². The van der Waals surface area contributed by atoms with Crippen molar-refractivity contribution in [2.24, 2.45) is 0 Å². The van der Waals surface area contributed by atoms with E-state index in [1.54, 1.807) is 0 Å². The van der Waals surface area contributed by atoms with Gasteiger partial charge in [0.15, 0.2) is 0 Å². The van der Waals surface area contributed by atoms with Crippen LogP contribution in [0.3, 0.4) is 0 Å². The second kappa shape index (κ2) is 9.54. The van der Waals surface area contributed by atoms with E-state index in [-0.39, 0.29) is 25.3 Å². The summed E-state index contributed by atoms with van der Waals surface area (Å²) < 4.78 is 9.69. The summed E-state index contributed by atoms with van der Waals surface area (Å²) in [4.78, 5) is 41.9. The van der Waals surface area contributed by atoms with Gasteiger partial charge in [-0.05, 0) is 23.3 Å². The molecule has 1 aliphatic carbocycles. The molecule has 2 amide bonds. The number of thiol groups is 1. The van der Waals surface area contributed by atoms with E-state index in [9.17, 15) is 29.8 Å². The highest BCUT2D eigenvalue weighted by molar-refractivity contribution is 7.81. The average Bonchev–Trinajstić information content (AvgIpc) is 2.70. The van der Waals surface area contributed by atoms with E-state index >= 15 is 0 Å². The quantitative estimate of drug-likeness (QED) is 0.271. The third-order valence-corrected chi connectivity index (χ3v) is 4.19. The van der Waals surface area contributed by atoms with Crippen LogP contribution in [0.1, 0.15) is 12.0 Å². The van der Waals surface area contributed by atoms with Crippen LogP contribution in [0.15, 0.2) is 48.1 Å². The van der Waals surface area contributed by atoms with E-state index in [1.807, 2.05) is 10.9 Å². The third kappa shape index (κ3) is 6.49. The summed E-state index contributed by atoms with van der Waals surface area (Å²) in [6.07, 6.45) is 2.34. The molecule has 0 radical (unpaired) electrons. The van der Waals surface area contributed by atoms with Gasteiger partial charge >= 0.3 is 12.2 Å². The Balaban J connectivity index is 1.67. The highest BCUT2D eigenvalue weighted by atomic mass is 32.1. The maximum absolute atomic E-state index is 11.6. The van der Waals surface area contributed by atoms with Crippen molar-refractivity contribution < 1.29 is 28.9 Å². The molecular formula is C16H16N4O8S. The van der Waals surface area contributed by atoms with Crippen LogP contribution in [-0.4, -0.2) is 33.5 Å². The van der Waals surface area contributed by atoms with Gasteiger partial charge in [-0.1, -0.05) is 24.8 Å². The normalized spacial score (nSPS) is 17.6. The highest BCUT2D eigenvalue weighted by Gasteiger charge is 2.36. The van der Waals surface area contributed by atoms with Crippen LogP contribution in [0.5, 0.6) is 0 Å². The zero-order valence-corrected chi connectivity index (χ0v) is 15.7. The molecule has 0 fully saturated rings. The number of carbonyl (C=O) groups excluding carboxylic acids is 2. The topological polar surface area (TPSA) is 163 Å². The summed E-state index contributed by atoms with van der Waals surface area (Å²) in [7, 11) is 0. The number of amides is 2. The van der Waals surface area contributed by atoms with Gasteiger partial charge in [-0.3, -0.25) is 20.2 Å². The molecule has 0 heterocycles. The molecule has 0 saturated heterocycles. The van der Waals surface area contributed by atoms with Crippen LogP contribution in [0, 0.1) is 20.2 Å². The fraction of sp³-hybridized carbons (Fsp3) is 0.250. The number of ether oxygens (including phenoxy) is 2. The summed E-state index contributed by atoms with van der Waals surface area (Å²) in [5.74, 6) is 0. The molecule has 0 spiro atoms. The molecule has 1 aromatic rings. The molecule has 0 aromatic heterocycles. The lowest BCUT2D eigenvalue weighted by molar-refractivity contribution is -0.523. The molecule has 2 N–H and O–H groups in total. The van der Waals surface area contributed by atoms with Gasteiger partial charge in [-0.2, -0.15) is 0 Å². The Kier molecular flexibility index (Phi) is 7.14. The molecule has 12 nitrogen and oxygen atoms in total. The number of hydrogen-bond donors (Lipinski definition) is 3. The molecule has 1 unspecified atom stereocenters. The fourth-order valence-electron chi connectivity index (χ4n) is 2.09. The fourth-order valence-corrected chi connectivity index (χ4v) is 2.25. The number of hydrogen-bond acceptors (Lipinski definition) is 9. The van der Waals surface area contributed by atoms with Gasteiger partial charge in [-0.25, -0.2) is 20.4 Å². The number of hydrazine groups is 1. The highest BCUT2D eigenvalue weighted by Crippen LogP contribution is 2.27. The monoisotopic (exact) mass is 424 g/mol. The second-order valence-corrected chi connectivity index (χ2v) is 6.55. The van der Waals surface area contributed by atoms with Crippen LogP contribution in [0.2, 0.25) is 0 Å². The van der Waals surface area contributed by atoms with Crippen molar-refractivity contribution in [1.29, 1.82) is 0 Å². The van der Waals surface area contributed by atoms with Crippen molar-refractivity contribution in [3.63, 3.8) is 0 Å². The Labute approximate surface area is 169 Å². The molecule has 0 aliphatic heterocycles. The Morgan fingerprint density at radius 1 is 1.07 bits per heavy atom. The molecule has 29 heavy (non-hydrogen) atoms. The Morgan fingerprint density at radius 2 is 1.66 bits per heavy atom. The van der Waals surface area contributed by atoms with E-state index in [2.05, 4.69) is 12.6 Å². The number of nitrogens with zero attached hydrogens (tertiary/aromatic N) is 2. The van der Waals surface area contributed by atoms with E-state index in [4.69, 9.17) is 9.47 Å². The van der Waals surface area contributed by atoms with Crippen molar-refractivity contribution in [3.8, 4) is 0 Å². The molecule has 1 aromatic carbocycles. The lowest BCUT2D eigenvalue weighted by atomic mass is 10.0. The van der Waals surface area contributed by atoms with Gasteiger partial charge < -0.3 is 9.47 Å². The molecule has 2 rings (SSSR count). The maximum Gasteiger partial charge on any atom is 0.426 e. The minimum atomic E-state index is -1.49. The van der Waals surface area contributed by atoms with Crippen LogP contribution in [0.25, 0.3) is 0 Å². The number of nitrogens with one attached hydrogen (secondary N) is 2. The second-order valence-electron chi connectivity index (χ2n) is 5.78. The minimum absolute atomic E-state index is 0.0349. The van der Waals surface area contributed by atoms with Crippen LogP contribution < -0.4 is 10.9 Å². The molecule has 0 saturated carbocycles. The van der Waals surface area contributed by atoms with Crippen LogP contribution in [-0.2, 0) is 16.1 Å². The van der Waals surface area contributed by atoms with Crippen molar-refractivity contribution >= 4 is 30.5 Å². The first-order valence-corrected chi connectivity index (χ1v) is 8.48. The molecule has 1 atom stereocenters. The summed E-state index contributed by atoms with van der Waals surface area (Å²) in [5, 5.41) is 21.4. The van der Waals surface area contributed by atoms with Crippen molar-refractivity contribution in [2.75, 3.05) is 6.61 Å². The van der Waals surface area contributed by atoms with Gasteiger partial charge in [-0.15, -0.1) is 0 Å². The number of rotatable bonds is 6. The molecule has 0 bridgehead atoms. The van der Waals surface area contributed by atoms with Crippen molar-refractivity contribution in [2.45, 2.75) is 17.9 Å².